The maximum Gasteiger partial charge on any atom is 0.433 e. The number of pyridine rings is 2. The molecule has 0 aliphatic rings. The molecule has 0 aromatic carbocycles. The molecule has 0 N–H and O–H groups in total. The Morgan fingerprint density at radius 3 is 2.25 bits per heavy atom. The number of rotatable bonds is 3. The minimum atomic E-state index is -4.83. The standard InChI is InChI=1S/C15H10F6N4O2S/c1-2-28(26,27)11-3-9(14(16,17)18)6-23-13(11)25-7-8-5-22-12(15(19,20)21)4-10(8)24-25/h3-7H,2H2,1H3. The van der Waals surface area contributed by atoms with Gasteiger partial charge in [-0.05, 0) is 12.1 Å². The van der Waals surface area contributed by atoms with Gasteiger partial charge in [-0.25, -0.2) is 18.1 Å². The lowest BCUT2D eigenvalue weighted by Gasteiger charge is -2.12. The number of sulfone groups is 1. The van der Waals surface area contributed by atoms with Gasteiger partial charge < -0.3 is 0 Å². The molecular weight excluding hydrogens is 414 g/mol. The molecule has 0 atom stereocenters. The molecule has 28 heavy (non-hydrogen) atoms. The van der Waals surface area contributed by atoms with Crippen molar-refractivity contribution in [3.8, 4) is 5.82 Å². The highest BCUT2D eigenvalue weighted by molar-refractivity contribution is 7.91. The summed E-state index contributed by atoms with van der Waals surface area (Å²) in [6.45, 7) is 1.23. The summed E-state index contributed by atoms with van der Waals surface area (Å²) < 4.78 is 103. The van der Waals surface area contributed by atoms with Crippen molar-refractivity contribution >= 4 is 20.7 Å². The van der Waals surface area contributed by atoms with Crippen molar-refractivity contribution in [2.24, 2.45) is 0 Å². The first-order valence-corrected chi connectivity index (χ1v) is 9.21. The fourth-order valence-corrected chi connectivity index (χ4v) is 3.37. The average molecular weight is 424 g/mol. The Kier molecular flexibility index (Phi) is 4.60. The van der Waals surface area contributed by atoms with Gasteiger partial charge in [-0.2, -0.15) is 31.4 Å². The van der Waals surface area contributed by atoms with E-state index in [1.165, 1.54) is 6.92 Å². The molecule has 0 unspecified atom stereocenters. The molecule has 0 aliphatic heterocycles. The van der Waals surface area contributed by atoms with Gasteiger partial charge in [0.1, 0.15) is 10.6 Å². The number of hydrogen-bond donors (Lipinski definition) is 0. The first kappa shape index (κ1) is 20.0. The first-order valence-electron chi connectivity index (χ1n) is 7.56. The summed E-state index contributed by atoms with van der Waals surface area (Å²) in [5, 5.41) is 3.95. The topological polar surface area (TPSA) is 77.7 Å². The van der Waals surface area contributed by atoms with E-state index in [0.29, 0.717) is 18.3 Å². The number of aromatic nitrogens is 4. The number of fused-ring (bicyclic) bond motifs is 1. The minimum absolute atomic E-state index is 0.120. The largest absolute Gasteiger partial charge is 0.433 e. The van der Waals surface area contributed by atoms with Crippen molar-refractivity contribution in [3.05, 3.63) is 42.0 Å². The molecule has 3 aromatic heterocycles. The lowest BCUT2D eigenvalue weighted by molar-refractivity contribution is -0.141. The fourth-order valence-electron chi connectivity index (χ4n) is 2.33. The Hall–Kier alpha value is -2.70. The molecule has 3 rings (SSSR count). The van der Waals surface area contributed by atoms with Crippen molar-refractivity contribution in [1.82, 2.24) is 19.7 Å². The lowest BCUT2D eigenvalue weighted by Crippen LogP contribution is -2.15. The molecule has 0 bridgehead atoms. The van der Waals surface area contributed by atoms with Crippen LogP contribution in [0.5, 0.6) is 0 Å². The fraction of sp³-hybridized carbons (Fsp3) is 0.267. The Morgan fingerprint density at radius 2 is 1.68 bits per heavy atom. The van der Waals surface area contributed by atoms with Crippen LogP contribution in [-0.4, -0.2) is 33.9 Å². The molecule has 0 saturated carbocycles. The lowest BCUT2D eigenvalue weighted by atomic mass is 10.2. The predicted octanol–water partition coefficient (Wildman–Crippen LogP) is 3.65. The van der Waals surface area contributed by atoms with Gasteiger partial charge in [0.05, 0.1) is 16.8 Å². The number of nitrogens with zero attached hydrogens (tertiary/aromatic N) is 4. The molecule has 0 aliphatic carbocycles. The molecule has 3 heterocycles. The Morgan fingerprint density at radius 1 is 1.00 bits per heavy atom. The average Bonchev–Trinajstić information content (AvgIpc) is 3.02. The second kappa shape index (κ2) is 6.43. The molecule has 0 saturated heterocycles. The van der Waals surface area contributed by atoms with Gasteiger partial charge in [0.2, 0.25) is 0 Å². The molecule has 0 radical (unpaired) electrons. The Labute approximate surface area is 153 Å². The Balaban J connectivity index is 2.23. The highest BCUT2D eigenvalue weighted by Gasteiger charge is 2.35. The van der Waals surface area contributed by atoms with Gasteiger partial charge >= 0.3 is 12.4 Å². The normalized spacial score (nSPS) is 13.2. The van der Waals surface area contributed by atoms with Crippen LogP contribution in [0.15, 0.2) is 35.6 Å². The smallest absolute Gasteiger partial charge is 0.251 e. The van der Waals surface area contributed by atoms with Gasteiger partial charge in [0.15, 0.2) is 15.7 Å². The third kappa shape index (κ3) is 3.66. The molecule has 3 aromatic rings. The summed E-state index contributed by atoms with van der Waals surface area (Å²) in [7, 11) is -4.15. The molecule has 0 amide bonds. The molecule has 150 valence electrons. The summed E-state index contributed by atoms with van der Waals surface area (Å²) in [5.74, 6) is -0.969. The van der Waals surface area contributed by atoms with Crippen LogP contribution in [0.25, 0.3) is 16.7 Å². The third-order valence-corrected chi connectivity index (χ3v) is 5.50. The molecule has 0 fully saturated rings. The van der Waals surface area contributed by atoms with Crippen LogP contribution in [-0.2, 0) is 22.2 Å². The number of hydrogen-bond acceptors (Lipinski definition) is 5. The third-order valence-electron chi connectivity index (χ3n) is 3.77. The summed E-state index contributed by atoms with van der Waals surface area (Å²) in [6.07, 6.45) is -7.12. The molecule has 6 nitrogen and oxygen atoms in total. The van der Waals surface area contributed by atoms with Gasteiger partial charge in [-0.15, -0.1) is 0 Å². The van der Waals surface area contributed by atoms with Crippen molar-refractivity contribution in [2.45, 2.75) is 24.2 Å². The molecular formula is C15H10F6N4O2S. The van der Waals surface area contributed by atoms with E-state index in [1.54, 1.807) is 0 Å². The van der Waals surface area contributed by atoms with E-state index in [-0.39, 0.29) is 10.9 Å². The van der Waals surface area contributed by atoms with E-state index < -0.39 is 49.9 Å². The minimum Gasteiger partial charge on any atom is -0.251 e. The second-order valence-corrected chi connectivity index (χ2v) is 7.89. The summed E-state index contributed by atoms with van der Waals surface area (Å²) in [6, 6.07) is 1.07. The van der Waals surface area contributed by atoms with E-state index in [0.717, 1.165) is 17.1 Å². The zero-order chi connectivity index (χ0) is 20.9. The van der Waals surface area contributed by atoms with Crippen LogP contribution < -0.4 is 0 Å². The predicted molar refractivity (Wildman–Crippen MR) is 84.4 cm³/mol. The van der Waals surface area contributed by atoms with E-state index in [4.69, 9.17) is 0 Å². The molecule has 13 heteroatoms. The van der Waals surface area contributed by atoms with Crippen LogP contribution in [0.2, 0.25) is 0 Å². The maximum atomic E-state index is 12.9. The highest BCUT2D eigenvalue weighted by atomic mass is 32.2. The van der Waals surface area contributed by atoms with Crippen LogP contribution in [0, 0.1) is 0 Å². The second-order valence-electron chi connectivity index (χ2n) is 5.65. The summed E-state index contributed by atoms with van der Waals surface area (Å²) in [5.41, 5.74) is -2.67. The van der Waals surface area contributed by atoms with E-state index >= 15 is 0 Å². The van der Waals surface area contributed by atoms with Crippen molar-refractivity contribution in [1.29, 1.82) is 0 Å². The van der Waals surface area contributed by atoms with E-state index in [9.17, 15) is 34.8 Å². The van der Waals surface area contributed by atoms with Crippen molar-refractivity contribution in [2.75, 3.05) is 5.75 Å². The quantitative estimate of drug-likeness (QED) is 0.600. The SMILES string of the molecule is CCS(=O)(=O)c1cc(C(F)(F)F)cnc1-n1cc2cnc(C(F)(F)F)cc2n1. The molecule has 0 spiro atoms. The van der Waals surface area contributed by atoms with Gasteiger partial charge in [-0.1, -0.05) is 6.92 Å². The zero-order valence-corrected chi connectivity index (χ0v) is 14.7. The van der Waals surface area contributed by atoms with E-state index in [2.05, 4.69) is 15.1 Å². The van der Waals surface area contributed by atoms with Gasteiger partial charge in [-0.3, -0.25) is 4.98 Å². The number of halogens is 6. The van der Waals surface area contributed by atoms with Crippen molar-refractivity contribution < 1.29 is 34.8 Å². The van der Waals surface area contributed by atoms with Crippen LogP contribution >= 0.6 is 0 Å². The van der Waals surface area contributed by atoms with Crippen LogP contribution in [0.4, 0.5) is 26.3 Å². The highest BCUT2D eigenvalue weighted by Crippen LogP contribution is 2.33. The monoisotopic (exact) mass is 424 g/mol. The zero-order valence-electron chi connectivity index (χ0n) is 13.9. The van der Waals surface area contributed by atoms with Gasteiger partial charge in [0.25, 0.3) is 0 Å². The first-order chi connectivity index (χ1) is 12.8. The summed E-state index contributed by atoms with van der Waals surface area (Å²) >= 11 is 0. The van der Waals surface area contributed by atoms with E-state index in [1.807, 2.05) is 0 Å². The summed E-state index contributed by atoms with van der Waals surface area (Å²) in [4.78, 5) is 6.07. The Bertz CT molecular complexity index is 1150. The number of alkyl halides is 6. The van der Waals surface area contributed by atoms with Crippen LogP contribution in [0.3, 0.4) is 0 Å². The van der Waals surface area contributed by atoms with Crippen molar-refractivity contribution in [3.63, 3.8) is 0 Å². The van der Waals surface area contributed by atoms with Crippen LogP contribution in [0.1, 0.15) is 18.2 Å². The van der Waals surface area contributed by atoms with Gasteiger partial charge in [0, 0.05) is 24.0 Å². The maximum absolute atomic E-state index is 12.9.